The highest BCUT2D eigenvalue weighted by Crippen LogP contribution is 2.14. The Hall–Kier alpha value is -2.12. The number of carbonyl (C=O) groups is 1. The predicted molar refractivity (Wildman–Crippen MR) is 90.9 cm³/mol. The number of hydrogen-bond acceptors (Lipinski definition) is 3. The maximum Gasteiger partial charge on any atom is 0.269 e. The predicted octanol–water partition coefficient (Wildman–Crippen LogP) is 2.14. The second kappa shape index (κ2) is 7.24. The van der Waals surface area contributed by atoms with Crippen LogP contribution in [0.3, 0.4) is 0 Å². The largest absolute Gasteiger partial charge is 0.364 e. The molecule has 0 aliphatic carbocycles. The van der Waals surface area contributed by atoms with Crippen LogP contribution in [0.2, 0.25) is 5.02 Å². The van der Waals surface area contributed by atoms with Crippen molar-refractivity contribution >= 4 is 40.5 Å². The van der Waals surface area contributed by atoms with Gasteiger partial charge in [0, 0.05) is 18.1 Å². The zero-order valence-corrected chi connectivity index (χ0v) is 13.5. The third kappa shape index (κ3) is 3.96. The number of nitrogens with two attached hydrogens (primary N) is 1. The van der Waals surface area contributed by atoms with E-state index in [4.69, 9.17) is 29.6 Å². The number of anilines is 1. The third-order valence-corrected chi connectivity index (χ3v) is 3.49. The molecule has 8 heteroatoms. The van der Waals surface area contributed by atoms with Crippen molar-refractivity contribution in [2.45, 2.75) is 20.0 Å². The molecule has 0 saturated carbocycles. The quantitative estimate of drug-likeness (QED) is 0.728. The molecule has 0 unspecified atom stereocenters. The van der Waals surface area contributed by atoms with Gasteiger partial charge >= 0.3 is 0 Å². The van der Waals surface area contributed by atoms with E-state index < -0.39 is 5.91 Å². The lowest BCUT2D eigenvalue weighted by Crippen LogP contribution is -2.29. The van der Waals surface area contributed by atoms with Crippen molar-refractivity contribution in [3.8, 4) is 0 Å². The Morgan fingerprint density at radius 2 is 2.09 bits per heavy atom. The van der Waals surface area contributed by atoms with Crippen molar-refractivity contribution in [2.24, 2.45) is 5.73 Å². The Bertz CT molecular complexity index is 683. The van der Waals surface area contributed by atoms with Crippen molar-refractivity contribution in [3.63, 3.8) is 0 Å². The molecule has 0 fully saturated rings. The molecule has 2 rings (SSSR count). The second-order valence-corrected chi connectivity index (χ2v) is 5.37. The van der Waals surface area contributed by atoms with E-state index in [-0.39, 0.29) is 0 Å². The van der Waals surface area contributed by atoms with E-state index in [0.717, 1.165) is 5.56 Å². The Morgan fingerprint density at radius 1 is 1.41 bits per heavy atom. The number of amides is 1. The van der Waals surface area contributed by atoms with Gasteiger partial charge in [0.25, 0.3) is 5.91 Å². The van der Waals surface area contributed by atoms with Crippen LogP contribution < -0.4 is 16.4 Å². The van der Waals surface area contributed by atoms with Crippen LogP contribution in [-0.4, -0.2) is 20.8 Å². The molecule has 22 heavy (non-hydrogen) atoms. The molecule has 0 saturated heterocycles. The lowest BCUT2D eigenvalue weighted by molar-refractivity contribution is 0.0991. The Kier molecular flexibility index (Phi) is 5.35. The fourth-order valence-corrected chi connectivity index (χ4v) is 2.24. The highest BCUT2D eigenvalue weighted by Gasteiger charge is 2.15. The van der Waals surface area contributed by atoms with Gasteiger partial charge in [-0.2, -0.15) is 5.10 Å². The first-order valence-corrected chi connectivity index (χ1v) is 7.44. The van der Waals surface area contributed by atoms with Gasteiger partial charge in [-0.1, -0.05) is 23.7 Å². The smallest absolute Gasteiger partial charge is 0.269 e. The normalized spacial score (nSPS) is 10.3. The van der Waals surface area contributed by atoms with E-state index in [2.05, 4.69) is 15.7 Å². The fraction of sp³-hybridized carbons (Fsp3) is 0.214. The minimum atomic E-state index is -0.553. The molecule has 0 bridgehead atoms. The maximum atomic E-state index is 11.5. The number of rotatable bonds is 5. The van der Waals surface area contributed by atoms with Crippen molar-refractivity contribution in [2.75, 3.05) is 5.32 Å². The summed E-state index contributed by atoms with van der Waals surface area (Å²) in [6.45, 7) is 2.96. The number of nitrogens with zero attached hydrogens (tertiary/aromatic N) is 2. The SMILES string of the molecule is CCn1ncc(NC(=S)NCc2ccc(Cl)cc2)c1C(N)=O. The van der Waals surface area contributed by atoms with Crippen LogP contribution in [0.5, 0.6) is 0 Å². The molecule has 0 atom stereocenters. The molecule has 116 valence electrons. The van der Waals surface area contributed by atoms with Crippen molar-refractivity contribution in [1.82, 2.24) is 15.1 Å². The topological polar surface area (TPSA) is 85.0 Å². The first kappa shape index (κ1) is 16.3. The number of benzene rings is 1. The lowest BCUT2D eigenvalue weighted by Gasteiger charge is -2.10. The van der Waals surface area contributed by atoms with Crippen LogP contribution >= 0.6 is 23.8 Å². The van der Waals surface area contributed by atoms with Gasteiger partial charge in [-0.05, 0) is 36.8 Å². The van der Waals surface area contributed by atoms with Gasteiger partial charge in [0.1, 0.15) is 5.69 Å². The van der Waals surface area contributed by atoms with E-state index in [9.17, 15) is 4.79 Å². The molecule has 0 radical (unpaired) electrons. The van der Waals surface area contributed by atoms with Crippen LogP contribution in [0.4, 0.5) is 5.69 Å². The minimum absolute atomic E-state index is 0.304. The van der Waals surface area contributed by atoms with Gasteiger partial charge in [0.15, 0.2) is 5.11 Å². The number of primary amides is 1. The summed E-state index contributed by atoms with van der Waals surface area (Å²) < 4.78 is 1.52. The van der Waals surface area contributed by atoms with Crippen LogP contribution in [-0.2, 0) is 13.1 Å². The molecule has 1 aromatic heterocycles. The van der Waals surface area contributed by atoms with E-state index in [1.807, 2.05) is 31.2 Å². The molecule has 0 aliphatic rings. The molecule has 2 aromatic rings. The van der Waals surface area contributed by atoms with Gasteiger partial charge in [-0.3, -0.25) is 9.48 Å². The first-order valence-electron chi connectivity index (χ1n) is 6.66. The van der Waals surface area contributed by atoms with Gasteiger partial charge in [-0.15, -0.1) is 0 Å². The van der Waals surface area contributed by atoms with Crippen LogP contribution in [0.1, 0.15) is 23.0 Å². The van der Waals surface area contributed by atoms with Crippen molar-refractivity contribution < 1.29 is 4.79 Å². The summed E-state index contributed by atoms with van der Waals surface area (Å²) in [6, 6.07) is 7.43. The summed E-state index contributed by atoms with van der Waals surface area (Å²) in [6.07, 6.45) is 1.53. The molecule has 4 N–H and O–H groups in total. The number of aryl methyl sites for hydroxylation is 1. The monoisotopic (exact) mass is 337 g/mol. The van der Waals surface area contributed by atoms with Crippen LogP contribution in [0.25, 0.3) is 0 Å². The number of halogens is 1. The number of nitrogens with one attached hydrogen (secondary N) is 2. The zero-order chi connectivity index (χ0) is 16.1. The Labute approximate surface area is 138 Å². The Morgan fingerprint density at radius 3 is 2.68 bits per heavy atom. The minimum Gasteiger partial charge on any atom is -0.364 e. The van der Waals surface area contributed by atoms with Crippen LogP contribution in [0, 0.1) is 0 Å². The number of carbonyl (C=O) groups excluding carboxylic acids is 1. The van der Waals surface area contributed by atoms with E-state index in [0.29, 0.717) is 34.6 Å². The summed E-state index contributed by atoms with van der Waals surface area (Å²) in [7, 11) is 0. The highest BCUT2D eigenvalue weighted by molar-refractivity contribution is 7.80. The van der Waals surface area contributed by atoms with Crippen molar-refractivity contribution in [3.05, 3.63) is 46.7 Å². The van der Waals surface area contributed by atoms with Crippen LogP contribution in [0.15, 0.2) is 30.5 Å². The molecular formula is C14H16ClN5OS. The van der Waals surface area contributed by atoms with E-state index >= 15 is 0 Å². The fourth-order valence-electron chi connectivity index (χ4n) is 1.93. The lowest BCUT2D eigenvalue weighted by atomic mass is 10.2. The second-order valence-electron chi connectivity index (χ2n) is 4.52. The van der Waals surface area contributed by atoms with E-state index in [1.54, 1.807) is 0 Å². The van der Waals surface area contributed by atoms with Gasteiger partial charge in [0.2, 0.25) is 0 Å². The van der Waals surface area contributed by atoms with Crippen molar-refractivity contribution in [1.29, 1.82) is 0 Å². The Balaban J connectivity index is 1.99. The molecule has 1 amide bonds. The first-order chi connectivity index (χ1) is 10.5. The van der Waals surface area contributed by atoms with E-state index in [1.165, 1.54) is 10.9 Å². The molecular weight excluding hydrogens is 322 g/mol. The molecule has 0 spiro atoms. The average Bonchev–Trinajstić information content (AvgIpc) is 2.89. The molecule has 1 heterocycles. The van der Waals surface area contributed by atoms with Gasteiger partial charge in [-0.25, -0.2) is 0 Å². The average molecular weight is 338 g/mol. The summed E-state index contributed by atoms with van der Waals surface area (Å²) in [5.74, 6) is -0.553. The number of aromatic nitrogens is 2. The highest BCUT2D eigenvalue weighted by atomic mass is 35.5. The summed E-state index contributed by atoms with van der Waals surface area (Å²) in [4.78, 5) is 11.5. The van der Waals surface area contributed by atoms with Gasteiger partial charge in [0.05, 0.1) is 11.9 Å². The van der Waals surface area contributed by atoms with Gasteiger partial charge < -0.3 is 16.4 Å². The third-order valence-electron chi connectivity index (χ3n) is 2.99. The standard InChI is InChI=1S/C14H16ClN5OS/c1-2-20-12(13(16)21)11(8-18-20)19-14(22)17-7-9-3-5-10(15)6-4-9/h3-6,8H,2,7H2,1H3,(H2,16,21)(H2,17,19,22). The number of thiocarbonyl (C=S) groups is 1. The molecule has 0 aliphatic heterocycles. The molecule has 6 nitrogen and oxygen atoms in total. The number of hydrogen-bond donors (Lipinski definition) is 3. The summed E-state index contributed by atoms with van der Waals surface area (Å²) >= 11 is 11.0. The summed E-state index contributed by atoms with van der Waals surface area (Å²) in [5, 5.41) is 11.1. The summed E-state index contributed by atoms with van der Waals surface area (Å²) in [5.41, 5.74) is 7.20. The molecule has 1 aromatic carbocycles. The zero-order valence-electron chi connectivity index (χ0n) is 12.0. The maximum absolute atomic E-state index is 11.5.